The normalized spacial score (nSPS) is 9.33. The van der Waals surface area contributed by atoms with E-state index < -0.39 is 0 Å². The first-order chi connectivity index (χ1) is 10.1. The Bertz CT molecular complexity index is 291. The minimum absolute atomic E-state index is 0.0559. The second-order valence-corrected chi connectivity index (χ2v) is 4.77. The monoisotopic (exact) mass is 300 g/mol. The zero-order chi connectivity index (χ0) is 16.5. The molecule has 0 saturated heterocycles. The summed E-state index contributed by atoms with van der Waals surface area (Å²) in [7, 11) is 1.54. The molecule has 0 saturated carbocycles. The minimum Gasteiger partial charge on any atom is -0.358 e. The average Bonchev–Trinajstić information content (AvgIpc) is 2.49. The van der Waals surface area contributed by atoms with Gasteiger partial charge in [0.1, 0.15) is 5.78 Å². The third-order valence-corrected chi connectivity index (χ3v) is 2.91. The molecule has 0 aliphatic carbocycles. The molecule has 0 atom stereocenters. The van der Waals surface area contributed by atoms with E-state index in [0.29, 0.717) is 12.8 Å². The van der Waals surface area contributed by atoms with Gasteiger partial charge in [-0.1, -0.05) is 39.5 Å². The Morgan fingerprint density at radius 1 is 0.762 bits per heavy atom. The molecule has 0 aromatic carbocycles. The molecule has 0 unspecified atom stereocenters. The van der Waals surface area contributed by atoms with Crippen LogP contribution in [0.5, 0.6) is 0 Å². The summed E-state index contributed by atoms with van der Waals surface area (Å²) in [5.74, 6) is 0.00629. The predicted molar refractivity (Wildman–Crippen MR) is 86.0 cm³/mol. The van der Waals surface area contributed by atoms with Crippen LogP contribution in [0.3, 0.4) is 0 Å². The number of Topliss-reactive ketones (excluding diaryl/α,β-unsaturated/α-hetero) is 1. The maximum absolute atomic E-state index is 11.3. The van der Waals surface area contributed by atoms with Gasteiger partial charge >= 0.3 is 0 Å². The van der Waals surface area contributed by atoms with Gasteiger partial charge in [0.05, 0.1) is 6.54 Å². The van der Waals surface area contributed by atoms with E-state index in [1.54, 1.807) is 14.0 Å². The van der Waals surface area contributed by atoms with E-state index in [9.17, 15) is 14.4 Å². The lowest BCUT2D eigenvalue weighted by molar-refractivity contribution is -0.125. The molecule has 124 valence electrons. The second kappa shape index (κ2) is 16.7. The van der Waals surface area contributed by atoms with Crippen LogP contribution in [0.4, 0.5) is 0 Å². The lowest BCUT2D eigenvalue weighted by Gasteiger charge is -2.04. The molecule has 0 spiro atoms. The molecule has 0 heterocycles. The fourth-order valence-electron chi connectivity index (χ4n) is 1.72. The summed E-state index contributed by atoms with van der Waals surface area (Å²) >= 11 is 0. The van der Waals surface area contributed by atoms with Crippen LogP contribution in [-0.4, -0.2) is 31.2 Å². The number of unbranched alkanes of at least 4 members (excludes halogenated alkanes) is 5. The Balaban J connectivity index is 0. The van der Waals surface area contributed by atoms with Crippen LogP contribution in [0.15, 0.2) is 0 Å². The van der Waals surface area contributed by atoms with Crippen LogP contribution in [-0.2, 0) is 14.4 Å². The predicted octanol–water partition coefficient (Wildman–Crippen LogP) is 2.58. The van der Waals surface area contributed by atoms with Gasteiger partial charge in [0.15, 0.2) is 0 Å². The van der Waals surface area contributed by atoms with Crippen molar-refractivity contribution < 1.29 is 14.4 Å². The van der Waals surface area contributed by atoms with Gasteiger partial charge in [-0.05, 0) is 19.8 Å². The van der Waals surface area contributed by atoms with Gasteiger partial charge in [-0.15, -0.1) is 0 Å². The lowest BCUT2D eigenvalue weighted by Crippen LogP contribution is -2.34. The topological polar surface area (TPSA) is 75.3 Å². The summed E-state index contributed by atoms with van der Waals surface area (Å²) < 4.78 is 0. The number of hydrogen-bond acceptors (Lipinski definition) is 3. The minimum atomic E-state index is -0.182. The fourth-order valence-corrected chi connectivity index (χ4v) is 1.72. The van der Waals surface area contributed by atoms with Crippen LogP contribution in [0.25, 0.3) is 0 Å². The Hall–Kier alpha value is -1.39. The summed E-state index contributed by atoms with van der Waals surface area (Å²) in [5.41, 5.74) is 0. The molecule has 5 heteroatoms. The summed E-state index contributed by atoms with van der Waals surface area (Å²) in [6.07, 6.45) is 7.31. The van der Waals surface area contributed by atoms with E-state index in [2.05, 4.69) is 10.6 Å². The Morgan fingerprint density at radius 3 is 1.71 bits per heavy atom. The molecule has 0 aliphatic heterocycles. The van der Waals surface area contributed by atoms with Crippen molar-refractivity contribution in [3.63, 3.8) is 0 Å². The molecule has 21 heavy (non-hydrogen) atoms. The first kappa shape index (κ1) is 21.9. The van der Waals surface area contributed by atoms with Crippen molar-refractivity contribution in [1.82, 2.24) is 10.6 Å². The smallest absolute Gasteiger partial charge is 0.239 e. The van der Waals surface area contributed by atoms with Crippen LogP contribution >= 0.6 is 0 Å². The third kappa shape index (κ3) is 18.6. The highest BCUT2D eigenvalue weighted by Gasteiger charge is 2.03. The lowest BCUT2D eigenvalue weighted by atomic mass is 10.1. The number of amides is 2. The van der Waals surface area contributed by atoms with Gasteiger partial charge in [-0.3, -0.25) is 9.59 Å². The summed E-state index contributed by atoms with van der Waals surface area (Å²) in [5, 5.41) is 5.02. The number of likely N-dealkylation sites (N-methyl/N-ethyl adjacent to an activating group) is 1. The quantitative estimate of drug-likeness (QED) is 0.576. The second-order valence-electron chi connectivity index (χ2n) is 4.77. The third-order valence-electron chi connectivity index (χ3n) is 2.91. The number of hydrogen-bond donors (Lipinski definition) is 2. The van der Waals surface area contributed by atoms with Crippen molar-refractivity contribution >= 4 is 17.6 Å². The maximum atomic E-state index is 11.3. The molecule has 0 aromatic heterocycles. The van der Waals surface area contributed by atoms with Gasteiger partial charge in [0, 0.05) is 19.9 Å². The van der Waals surface area contributed by atoms with Crippen LogP contribution in [0.1, 0.15) is 72.1 Å². The number of rotatable bonds is 11. The van der Waals surface area contributed by atoms with Crippen molar-refractivity contribution in [2.45, 2.75) is 72.1 Å². The number of ketones is 1. The number of carbonyl (C=O) groups is 3. The number of nitrogens with one attached hydrogen (secondary N) is 2. The summed E-state index contributed by atoms with van der Waals surface area (Å²) in [6, 6.07) is 0. The maximum Gasteiger partial charge on any atom is 0.239 e. The first-order valence-electron chi connectivity index (χ1n) is 8.03. The summed E-state index contributed by atoms with van der Waals surface area (Å²) in [4.78, 5) is 32.9. The van der Waals surface area contributed by atoms with Gasteiger partial charge in [0.2, 0.25) is 11.8 Å². The van der Waals surface area contributed by atoms with Crippen LogP contribution < -0.4 is 10.6 Å². The SMILES string of the molecule is CC.CNC(=O)CNC(=O)CCCCCCCCC(C)=O. The molecular weight excluding hydrogens is 268 g/mol. The van der Waals surface area contributed by atoms with Gasteiger partial charge in [0.25, 0.3) is 0 Å². The van der Waals surface area contributed by atoms with Gasteiger partial charge in [-0.25, -0.2) is 0 Å². The van der Waals surface area contributed by atoms with Crippen molar-refractivity contribution in [3.05, 3.63) is 0 Å². The van der Waals surface area contributed by atoms with Crippen LogP contribution in [0, 0.1) is 0 Å². The van der Waals surface area contributed by atoms with E-state index >= 15 is 0 Å². The molecule has 2 N–H and O–H groups in total. The molecule has 2 amide bonds. The highest BCUT2D eigenvalue weighted by Crippen LogP contribution is 2.08. The molecule has 5 nitrogen and oxygen atoms in total. The van der Waals surface area contributed by atoms with E-state index in [-0.39, 0.29) is 24.1 Å². The molecular formula is C16H32N2O3. The first-order valence-corrected chi connectivity index (χ1v) is 8.03. The van der Waals surface area contributed by atoms with Crippen molar-refractivity contribution in [1.29, 1.82) is 0 Å². The van der Waals surface area contributed by atoms with Gasteiger partial charge < -0.3 is 15.4 Å². The highest BCUT2D eigenvalue weighted by molar-refractivity contribution is 5.84. The van der Waals surface area contributed by atoms with E-state index in [1.165, 1.54) is 0 Å². The molecule has 0 radical (unpaired) electrons. The Labute approximate surface area is 129 Å². The standard InChI is InChI=1S/C14H26N2O3.C2H6/c1-12(17)9-7-5-3-4-6-8-10-13(18)16-11-14(19)15-2;1-2/h3-11H2,1-2H3,(H,15,19)(H,16,18);1-2H3. The van der Waals surface area contributed by atoms with Crippen LogP contribution in [0.2, 0.25) is 0 Å². The largest absolute Gasteiger partial charge is 0.358 e. The van der Waals surface area contributed by atoms with Crippen molar-refractivity contribution in [2.75, 3.05) is 13.6 Å². The Morgan fingerprint density at radius 2 is 1.24 bits per heavy atom. The molecule has 0 rings (SSSR count). The van der Waals surface area contributed by atoms with Gasteiger partial charge in [-0.2, -0.15) is 0 Å². The van der Waals surface area contributed by atoms with Crippen molar-refractivity contribution in [3.8, 4) is 0 Å². The van der Waals surface area contributed by atoms with E-state index in [0.717, 1.165) is 38.5 Å². The molecule has 0 aliphatic rings. The zero-order valence-corrected chi connectivity index (χ0v) is 14.1. The number of carbonyl (C=O) groups excluding carboxylic acids is 3. The molecule has 0 fully saturated rings. The fraction of sp³-hybridized carbons (Fsp3) is 0.812. The molecule has 0 bridgehead atoms. The van der Waals surface area contributed by atoms with Crippen molar-refractivity contribution in [2.24, 2.45) is 0 Å². The van der Waals surface area contributed by atoms with E-state index in [4.69, 9.17) is 0 Å². The molecule has 0 aromatic rings. The van der Waals surface area contributed by atoms with E-state index in [1.807, 2.05) is 13.8 Å². The zero-order valence-electron chi connectivity index (χ0n) is 14.1. The Kier molecular flexibility index (Phi) is 17.4. The average molecular weight is 300 g/mol. The highest BCUT2D eigenvalue weighted by atomic mass is 16.2. The summed E-state index contributed by atoms with van der Waals surface area (Å²) in [6.45, 7) is 5.68.